The van der Waals surface area contributed by atoms with Gasteiger partial charge in [0.1, 0.15) is 11.3 Å². The number of anilines is 3. The lowest BCUT2D eigenvalue weighted by atomic mass is 9.94. The van der Waals surface area contributed by atoms with Crippen LogP contribution in [0.1, 0.15) is 0 Å². The van der Waals surface area contributed by atoms with Crippen LogP contribution in [0.2, 0.25) is 0 Å². The third kappa shape index (κ3) is 7.04. The van der Waals surface area contributed by atoms with Gasteiger partial charge in [0.2, 0.25) is 0 Å². The van der Waals surface area contributed by atoms with Crippen LogP contribution < -0.4 is 4.90 Å². The van der Waals surface area contributed by atoms with Gasteiger partial charge in [-0.1, -0.05) is 200 Å². The normalized spacial score (nSPS) is 11.2. The van der Waals surface area contributed by atoms with Gasteiger partial charge in [-0.15, -0.1) is 0 Å². The molecule has 0 saturated heterocycles. The Morgan fingerprint density at radius 1 is 0.258 bits per heavy atom. The summed E-state index contributed by atoms with van der Waals surface area (Å²) in [5.41, 5.74) is 17.1. The molecule has 0 bridgehead atoms. The largest absolute Gasteiger partial charge is 0.456 e. The van der Waals surface area contributed by atoms with E-state index in [4.69, 9.17) is 4.42 Å². The lowest BCUT2D eigenvalue weighted by Crippen LogP contribution is -2.09. The molecule has 0 radical (unpaired) electrons. The molecule has 62 heavy (non-hydrogen) atoms. The third-order valence-corrected chi connectivity index (χ3v) is 11.9. The predicted octanol–water partition coefficient (Wildman–Crippen LogP) is 17.1. The molecule has 0 atom stereocenters. The Balaban J connectivity index is 0.929. The summed E-state index contributed by atoms with van der Waals surface area (Å²) < 4.78 is 6.29. The average molecular weight is 792 g/mol. The van der Waals surface area contributed by atoms with E-state index in [2.05, 4.69) is 235 Å². The summed E-state index contributed by atoms with van der Waals surface area (Å²) >= 11 is 0. The predicted molar refractivity (Wildman–Crippen MR) is 261 cm³/mol. The molecule has 0 aliphatic carbocycles. The highest BCUT2D eigenvalue weighted by Crippen LogP contribution is 2.41. The van der Waals surface area contributed by atoms with Gasteiger partial charge in [0.15, 0.2) is 0 Å². The van der Waals surface area contributed by atoms with Crippen molar-refractivity contribution in [3.05, 3.63) is 249 Å². The lowest BCUT2D eigenvalue weighted by Gasteiger charge is -2.26. The standard InChI is InChI=1S/C60H41NO/c1-2-13-44(14-3-1)53-19-7-8-20-55(53)47-31-37-51(38-32-47)61(52-39-33-48(34-40-52)56-23-12-17-45-15-4-6-18-54(45)56)50-35-29-43(30-36-50)42-25-27-46(28-26-42)57-21-9-10-22-58(57)60-41-49-16-5-11-24-59(49)62-60/h1-41H. The summed E-state index contributed by atoms with van der Waals surface area (Å²) in [6.45, 7) is 0. The summed E-state index contributed by atoms with van der Waals surface area (Å²) in [4.78, 5) is 2.35. The van der Waals surface area contributed by atoms with Crippen molar-refractivity contribution in [3.63, 3.8) is 0 Å². The maximum Gasteiger partial charge on any atom is 0.136 e. The highest BCUT2D eigenvalue weighted by Gasteiger charge is 2.16. The molecule has 0 aliphatic heterocycles. The summed E-state index contributed by atoms with van der Waals surface area (Å²) in [6, 6.07) is 89.0. The molecule has 0 N–H and O–H groups in total. The van der Waals surface area contributed by atoms with Crippen LogP contribution in [0.25, 0.3) is 88.7 Å². The van der Waals surface area contributed by atoms with Crippen molar-refractivity contribution >= 4 is 38.8 Å². The molecule has 292 valence electrons. The Kier molecular flexibility index (Phi) is 9.57. The van der Waals surface area contributed by atoms with Crippen molar-refractivity contribution in [1.29, 1.82) is 0 Å². The van der Waals surface area contributed by atoms with Gasteiger partial charge in [0.05, 0.1) is 0 Å². The number of rotatable bonds is 9. The highest BCUT2D eigenvalue weighted by atomic mass is 16.3. The molecule has 2 heteroatoms. The number of furan rings is 1. The van der Waals surface area contributed by atoms with E-state index < -0.39 is 0 Å². The summed E-state index contributed by atoms with van der Waals surface area (Å²) in [7, 11) is 0. The van der Waals surface area contributed by atoms with Gasteiger partial charge in [0, 0.05) is 28.0 Å². The Bertz CT molecular complexity index is 3270. The number of fused-ring (bicyclic) bond motifs is 2. The van der Waals surface area contributed by atoms with Crippen LogP contribution in [-0.2, 0) is 0 Å². The fraction of sp³-hybridized carbons (Fsp3) is 0. The third-order valence-electron chi connectivity index (χ3n) is 11.9. The van der Waals surface area contributed by atoms with E-state index in [0.717, 1.165) is 61.6 Å². The number of hydrogen-bond acceptors (Lipinski definition) is 2. The van der Waals surface area contributed by atoms with Gasteiger partial charge in [-0.3, -0.25) is 0 Å². The molecule has 11 rings (SSSR count). The minimum absolute atomic E-state index is 0.876. The molecule has 0 amide bonds. The zero-order valence-corrected chi connectivity index (χ0v) is 34.0. The van der Waals surface area contributed by atoms with Crippen LogP contribution in [0.15, 0.2) is 253 Å². The van der Waals surface area contributed by atoms with E-state index in [1.807, 2.05) is 18.2 Å². The zero-order valence-electron chi connectivity index (χ0n) is 34.0. The molecule has 10 aromatic carbocycles. The molecule has 0 spiro atoms. The molecule has 0 fully saturated rings. The maximum absolute atomic E-state index is 6.29. The van der Waals surface area contributed by atoms with Crippen molar-refractivity contribution in [3.8, 4) is 67.0 Å². The van der Waals surface area contributed by atoms with E-state index in [0.29, 0.717) is 0 Å². The van der Waals surface area contributed by atoms with Crippen molar-refractivity contribution in [1.82, 2.24) is 0 Å². The van der Waals surface area contributed by atoms with Gasteiger partial charge in [-0.25, -0.2) is 0 Å². The molecular weight excluding hydrogens is 751 g/mol. The van der Waals surface area contributed by atoms with E-state index in [9.17, 15) is 0 Å². The molecule has 2 nitrogen and oxygen atoms in total. The van der Waals surface area contributed by atoms with Crippen LogP contribution in [0.3, 0.4) is 0 Å². The second-order valence-electron chi connectivity index (χ2n) is 15.7. The molecule has 0 unspecified atom stereocenters. The Morgan fingerprint density at radius 3 is 1.24 bits per heavy atom. The molecular formula is C60H41NO. The fourth-order valence-corrected chi connectivity index (χ4v) is 8.82. The van der Waals surface area contributed by atoms with Gasteiger partial charge in [-0.05, 0) is 115 Å². The topological polar surface area (TPSA) is 16.4 Å². The van der Waals surface area contributed by atoms with Crippen LogP contribution in [-0.4, -0.2) is 0 Å². The second-order valence-corrected chi connectivity index (χ2v) is 15.7. The van der Waals surface area contributed by atoms with E-state index in [1.54, 1.807) is 0 Å². The molecule has 1 aromatic heterocycles. The Labute approximate surface area is 362 Å². The second kappa shape index (κ2) is 16.1. The first-order valence-corrected chi connectivity index (χ1v) is 21.2. The monoisotopic (exact) mass is 791 g/mol. The SMILES string of the molecule is c1ccc(-c2ccccc2-c2ccc(N(c3ccc(-c4ccc(-c5ccccc5-c5cc6ccccc6o5)cc4)cc3)c3ccc(-c4cccc5ccccc45)cc3)cc2)cc1. The first-order chi connectivity index (χ1) is 30.7. The van der Waals surface area contributed by atoms with E-state index >= 15 is 0 Å². The van der Waals surface area contributed by atoms with Gasteiger partial charge in [0.25, 0.3) is 0 Å². The van der Waals surface area contributed by atoms with E-state index in [1.165, 1.54) is 44.2 Å². The maximum atomic E-state index is 6.29. The van der Waals surface area contributed by atoms with Crippen LogP contribution in [0.5, 0.6) is 0 Å². The lowest BCUT2D eigenvalue weighted by molar-refractivity contribution is 0.632. The molecule has 11 aromatic rings. The van der Waals surface area contributed by atoms with Crippen molar-refractivity contribution in [2.45, 2.75) is 0 Å². The first-order valence-electron chi connectivity index (χ1n) is 21.2. The number of nitrogens with zero attached hydrogens (tertiary/aromatic N) is 1. The van der Waals surface area contributed by atoms with Crippen LogP contribution >= 0.6 is 0 Å². The van der Waals surface area contributed by atoms with Crippen molar-refractivity contribution in [2.24, 2.45) is 0 Å². The van der Waals surface area contributed by atoms with Crippen LogP contribution in [0.4, 0.5) is 17.1 Å². The van der Waals surface area contributed by atoms with Gasteiger partial charge >= 0.3 is 0 Å². The smallest absolute Gasteiger partial charge is 0.136 e. The van der Waals surface area contributed by atoms with Crippen LogP contribution in [0, 0.1) is 0 Å². The summed E-state index contributed by atoms with van der Waals surface area (Å²) in [6.07, 6.45) is 0. The van der Waals surface area contributed by atoms with Crippen molar-refractivity contribution < 1.29 is 4.42 Å². The minimum atomic E-state index is 0.876. The molecule has 1 heterocycles. The Hall–Kier alpha value is -8.20. The first kappa shape index (κ1) is 36.8. The summed E-state index contributed by atoms with van der Waals surface area (Å²) in [5, 5.41) is 3.60. The van der Waals surface area contributed by atoms with Gasteiger partial charge in [-0.2, -0.15) is 0 Å². The Morgan fingerprint density at radius 2 is 0.645 bits per heavy atom. The average Bonchev–Trinajstić information content (AvgIpc) is 3.80. The quantitative estimate of drug-likeness (QED) is 0.145. The minimum Gasteiger partial charge on any atom is -0.456 e. The number of hydrogen-bond donors (Lipinski definition) is 0. The highest BCUT2D eigenvalue weighted by molar-refractivity contribution is 5.97. The van der Waals surface area contributed by atoms with Crippen molar-refractivity contribution in [2.75, 3.05) is 4.90 Å². The molecule has 0 saturated carbocycles. The van der Waals surface area contributed by atoms with Gasteiger partial charge < -0.3 is 9.32 Å². The van der Waals surface area contributed by atoms with E-state index in [-0.39, 0.29) is 0 Å². The number of benzene rings is 10. The fourth-order valence-electron chi connectivity index (χ4n) is 8.82. The summed E-state index contributed by atoms with van der Waals surface area (Å²) in [5.74, 6) is 0.876. The zero-order chi connectivity index (χ0) is 41.2. The molecule has 0 aliphatic rings. The number of para-hydroxylation sites is 1.